The Balaban J connectivity index is 1.76. The van der Waals surface area contributed by atoms with Gasteiger partial charge in [-0.05, 0) is 31.8 Å². The monoisotopic (exact) mass is 285 g/mol. The lowest BCUT2D eigenvalue weighted by Gasteiger charge is -2.25. The Bertz CT molecular complexity index is 563. The molecule has 0 saturated carbocycles. The average molecular weight is 285 g/mol. The molecular formula is C16H23N5. The van der Waals surface area contributed by atoms with Crippen LogP contribution in [0.5, 0.6) is 0 Å². The third kappa shape index (κ3) is 3.68. The van der Waals surface area contributed by atoms with Crippen molar-refractivity contribution in [3.05, 3.63) is 48.3 Å². The summed E-state index contributed by atoms with van der Waals surface area (Å²) >= 11 is 0. The number of rotatable bonds is 4. The molecule has 3 heterocycles. The molecule has 2 aromatic rings. The molecule has 1 aliphatic rings. The normalized spacial score (nSPS) is 19.5. The largest absolute Gasteiger partial charge is 0.333 e. The molecule has 5 nitrogen and oxygen atoms in total. The Hall–Kier alpha value is -1.72. The van der Waals surface area contributed by atoms with Crippen LogP contribution in [0.4, 0.5) is 0 Å². The lowest BCUT2D eigenvalue weighted by molar-refractivity contribution is 0.194. The van der Waals surface area contributed by atoms with E-state index in [0.717, 1.165) is 32.7 Å². The van der Waals surface area contributed by atoms with Crippen LogP contribution in [0.2, 0.25) is 0 Å². The molecule has 0 fully saturated rings. The fraction of sp³-hybridized carbons (Fsp3) is 0.500. The SMILES string of the molecule is CN(C)CC1CN(Cc2ccncc2)Cc2nccn2C1. The summed E-state index contributed by atoms with van der Waals surface area (Å²) in [6, 6.07) is 4.19. The van der Waals surface area contributed by atoms with Gasteiger partial charge in [0.05, 0.1) is 6.54 Å². The maximum Gasteiger partial charge on any atom is 0.122 e. The van der Waals surface area contributed by atoms with Gasteiger partial charge in [-0.2, -0.15) is 0 Å². The van der Waals surface area contributed by atoms with E-state index in [0.29, 0.717) is 5.92 Å². The first-order valence-corrected chi connectivity index (χ1v) is 7.46. The molecule has 112 valence electrons. The minimum Gasteiger partial charge on any atom is -0.333 e. The van der Waals surface area contributed by atoms with Gasteiger partial charge in [-0.25, -0.2) is 4.98 Å². The quantitative estimate of drug-likeness (QED) is 0.852. The molecule has 0 radical (unpaired) electrons. The van der Waals surface area contributed by atoms with Crippen LogP contribution < -0.4 is 0 Å². The summed E-state index contributed by atoms with van der Waals surface area (Å²) in [7, 11) is 4.29. The van der Waals surface area contributed by atoms with Crippen molar-refractivity contribution in [2.24, 2.45) is 5.92 Å². The van der Waals surface area contributed by atoms with Gasteiger partial charge in [0, 0.05) is 56.9 Å². The number of fused-ring (bicyclic) bond motifs is 1. The smallest absolute Gasteiger partial charge is 0.122 e. The molecule has 5 heteroatoms. The Labute approximate surface area is 126 Å². The van der Waals surface area contributed by atoms with Gasteiger partial charge in [-0.3, -0.25) is 9.88 Å². The van der Waals surface area contributed by atoms with Gasteiger partial charge >= 0.3 is 0 Å². The number of hydrogen-bond acceptors (Lipinski definition) is 4. The van der Waals surface area contributed by atoms with Crippen molar-refractivity contribution in [1.82, 2.24) is 24.3 Å². The lowest BCUT2D eigenvalue weighted by atomic mass is 10.1. The van der Waals surface area contributed by atoms with Gasteiger partial charge in [0.25, 0.3) is 0 Å². The predicted octanol–water partition coefficient (Wildman–Crippen LogP) is 1.47. The first-order valence-electron chi connectivity index (χ1n) is 7.46. The van der Waals surface area contributed by atoms with E-state index in [2.05, 4.69) is 56.8 Å². The zero-order chi connectivity index (χ0) is 14.7. The van der Waals surface area contributed by atoms with E-state index in [9.17, 15) is 0 Å². The molecule has 1 atom stereocenters. The minimum absolute atomic E-state index is 0.622. The number of hydrogen-bond donors (Lipinski definition) is 0. The first kappa shape index (κ1) is 14.2. The van der Waals surface area contributed by atoms with Gasteiger partial charge in [0.1, 0.15) is 5.82 Å². The molecule has 0 aromatic carbocycles. The summed E-state index contributed by atoms with van der Waals surface area (Å²) in [5, 5.41) is 0. The van der Waals surface area contributed by atoms with Crippen molar-refractivity contribution in [3.63, 3.8) is 0 Å². The summed E-state index contributed by atoms with van der Waals surface area (Å²) in [6.45, 7) is 5.13. The average Bonchev–Trinajstić information content (AvgIpc) is 2.80. The molecular weight excluding hydrogens is 262 g/mol. The second-order valence-corrected chi connectivity index (χ2v) is 6.15. The third-order valence-electron chi connectivity index (χ3n) is 3.92. The number of nitrogens with zero attached hydrogens (tertiary/aromatic N) is 5. The van der Waals surface area contributed by atoms with Crippen molar-refractivity contribution in [3.8, 4) is 0 Å². The van der Waals surface area contributed by atoms with Crippen molar-refractivity contribution in [1.29, 1.82) is 0 Å². The highest BCUT2D eigenvalue weighted by molar-refractivity contribution is 5.10. The molecule has 0 spiro atoms. The summed E-state index contributed by atoms with van der Waals surface area (Å²) in [5.41, 5.74) is 1.31. The molecule has 1 aliphatic heterocycles. The molecule has 0 aliphatic carbocycles. The molecule has 0 bridgehead atoms. The second-order valence-electron chi connectivity index (χ2n) is 6.15. The highest BCUT2D eigenvalue weighted by atomic mass is 15.2. The summed E-state index contributed by atoms with van der Waals surface area (Å²) in [5.74, 6) is 1.79. The standard InChI is InChI=1S/C16H23N5/c1-19(2)9-15-11-20(10-14-3-5-17-6-4-14)13-16-18-7-8-21(16)12-15/h3-8,15H,9-13H2,1-2H3. The summed E-state index contributed by atoms with van der Waals surface area (Å²) in [4.78, 5) is 13.4. The maximum atomic E-state index is 4.52. The minimum atomic E-state index is 0.622. The Morgan fingerprint density at radius 1 is 1.19 bits per heavy atom. The molecule has 0 amide bonds. The van der Waals surface area contributed by atoms with Crippen LogP contribution >= 0.6 is 0 Å². The van der Waals surface area contributed by atoms with Crippen LogP contribution in [0.15, 0.2) is 36.9 Å². The van der Waals surface area contributed by atoms with Crippen LogP contribution in [0.3, 0.4) is 0 Å². The van der Waals surface area contributed by atoms with E-state index in [-0.39, 0.29) is 0 Å². The first-order chi connectivity index (χ1) is 10.2. The van der Waals surface area contributed by atoms with E-state index in [4.69, 9.17) is 0 Å². The highest BCUT2D eigenvalue weighted by Crippen LogP contribution is 2.18. The Kier molecular flexibility index (Phi) is 4.31. The van der Waals surface area contributed by atoms with Crippen molar-refractivity contribution in [2.45, 2.75) is 19.6 Å². The fourth-order valence-corrected chi connectivity index (χ4v) is 3.12. The molecule has 21 heavy (non-hydrogen) atoms. The van der Waals surface area contributed by atoms with E-state index in [1.54, 1.807) is 0 Å². The van der Waals surface area contributed by atoms with E-state index in [1.807, 2.05) is 18.6 Å². The maximum absolute atomic E-state index is 4.52. The molecule has 0 N–H and O–H groups in total. The number of pyridine rings is 1. The van der Waals surface area contributed by atoms with Crippen LogP contribution in [0.1, 0.15) is 11.4 Å². The molecule has 2 aromatic heterocycles. The highest BCUT2D eigenvalue weighted by Gasteiger charge is 2.22. The van der Waals surface area contributed by atoms with Crippen LogP contribution in [0, 0.1) is 5.92 Å². The second kappa shape index (κ2) is 6.37. The van der Waals surface area contributed by atoms with Gasteiger partial charge in [0.2, 0.25) is 0 Å². The molecule has 1 unspecified atom stereocenters. The van der Waals surface area contributed by atoms with Crippen molar-refractivity contribution >= 4 is 0 Å². The Morgan fingerprint density at radius 3 is 2.76 bits per heavy atom. The van der Waals surface area contributed by atoms with E-state index >= 15 is 0 Å². The number of aromatic nitrogens is 3. The summed E-state index contributed by atoms with van der Waals surface area (Å²) < 4.78 is 2.31. The van der Waals surface area contributed by atoms with E-state index < -0.39 is 0 Å². The zero-order valence-electron chi connectivity index (χ0n) is 12.8. The van der Waals surface area contributed by atoms with Crippen LogP contribution in [-0.4, -0.2) is 51.5 Å². The lowest BCUT2D eigenvalue weighted by Crippen LogP contribution is -2.33. The van der Waals surface area contributed by atoms with E-state index in [1.165, 1.54) is 11.4 Å². The fourth-order valence-electron chi connectivity index (χ4n) is 3.12. The van der Waals surface area contributed by atoms with Crippen LogP contribution in [0.25, 0.3) is 0 Å². The topological polar surface area (TPSA) is 37.2 Å². The summed E-state index contributed by atoms with van der Waals surface area (Å²) in [6.07, 6.45) is 7.75. The van der Waals surface area contributed by atoms with Gasteiger partial charge in [0.15, 0.2) is 0 Å². The zero-order valence-corrected chi connectivity index (χ0v) is 12.8. The van der Waals surface area contributed by atoms with Gasteiger partial charge < -0.3 is 9.47 Å². The number of imidazole rings is 1. The predicted molar refractivity (Wildman–Crippen MR) is 82.6 cm³/mol. The Morgan fingerprint density at radius 2 is 2.00 bits per heavy atom. The van der Waals surface area contributed by atoms with Crippen molar-refractivity contribution in [2.75, 3.05) is 27.2 Å². The molecule has 0 saturated heterocycles. The molecule has 3 rings (SSSR count). The van der Waals surface area contributed by atoms with Gasteiger partial charge in [-0.1, -0.05) is 0 Å². The van der Waals surface area contributed by atoms with Crippen molar-refractivity contribution < 1.29 is 0 Å². The van der Waals surface area contributed by atoms with Gasteiger partial charge in [-0.15, -0.1) is 0 Å². The van der Waals surface area contributed by atoms with Crippen LogP contribution in [-0.2, 0) is 19.6 Å². The third-order valence-corrected chi connectivity index (χ3v) is 3.92.